The van der Waals surface area contributed by atoms with Crippen LogP contribution in [0.4, 0.5) is 0 Å². The van der Waals surface area contributed by atoms with Crippen molar-refractivity contribution in [2.75, 3.05) is 27.4 Å². The molecule has 0 radical (unpaired) electrons. The molecule has 28 heavy (non-hydrogen) atoms. The minimum atomic E-state index is -0.0638. The predicted octanol–water partition coefficient (Wildman–Crippen LogP) is 3.95. The lowest BCUT2D eigenvalue weighted by atomic mass is 10.1. The summed E-state index contributed by atoms with van der Waals surface area (Å²) in [4.78, 5) is 14.6. The second-order valence-corrected chi connectivity index (χ2v) is 6.50. The number of nitrogens with zero attached hydrogens (tertiary/aromatic N) is 2. The summed E-state index contributed by atoms with van der Waals surface area (Å²) >= 11 is 0. The van der Waals surface area contributed by atoms with E-state index in [4.69, 9.17) is 14.0 Å². The lowest BCUT2D eigenvalue weighted by Gasteiger charge is -2.21. The third kappa shape index (κ3) is 4.78. The average Bonchev–Trinajstić information content (AvgIpc) is 3.20. The summed E-state index contributed by atoms with van der Waals surface area (Å²) in [6.45, 7) is 3.25. The highest BCUT2D eigenvalue weighted by molar-refractivity contribution is 5.94. The van der Waals surface area contributed by atoms with Crippen LogP contribution in [0.15, 0.2) is 59.1 Å². The Labute approximate surface area is 164 Å². The minimum Gasteiger partial charge on any atom is -0.497 e. The Morgan fingerprint density at radius 1 is 1.07 bits per heavy atom. The molecule has 1 heterocycles. The molecule has 2 aromatic carbocycles. The molecule has 0 aliphatic carbocycles. The number of ether oxygens (including phenoxy) is 2. The van der Waals surface area contributed by atoms with E-state index >= 15 is 0 Å². The molecule has 0 aliphatic rings. The van der Waals surface area contributed by atoms with Gasteiger partial charge >= 0.3 is 0 Å². The molecule has 0 spiro atoms. The van der Waals surface area contributed by atoms with Crippen LogP contribution in [0.1, 0.15) is 21.6 Å². The van der Waals surface area contributed by atoms with Gasteiger partial charge in [-0.1, -0.05) is 22.9 Å². The Hall–Kier alpha value is -3.12. The molecular weight excluding hydrogens is 356 g/mol. The molecule has 3 rings (SSSR count). The zero-order chi connectivity index (χ0) is 19.9. The highest BCUT2D eigenvalue weighted by Crippen LogP contribution is 2.23. The molecular formula is C22H24N2O4. The van der Waals surface area contributed by atoms with Crippen LogP contribution in [-0.4, -0.2) is 43.3 Å². The van der Waals surface area contributed by atoms with Crippen LogP contribution in [0.25, 0.3) is 11.3 Å². The van der Waals surface area contributed by atoms with Gasteiger partial charge in [-0.25, -0.2) is 0 Å². The molecule has 0 N–H and O–H groups in total. The van der Waals surface area contributed by atoms with Gasteiger partial charge in [0.2, 0.25) is 0 Å². The van der Waals surface area contributed by atoms with Crippen molar-refractivity contribution in [1.29, 1.82) is 0 Å². The zero-order valence-electron chi connectivity index (χ0n) is 16.3. The van der Waals surface area contributed by atoms with Crippen molar-refractivity contribution < 1.29 is 18.8 Å². The van der Waals surface area contributed by atoms with E-state index in [0.717, 1.165) is 16.9 Å². The Bertz CT molecular complexity index is 901. The molecule has 146 valence electrons. The van der Waals surface area contributed by atoms with Gasteiger partial charge in [0.15, 0.2) is 5.76 Å². The van der Waals surface area contributed by atoms with Crippen molar-refractivity contribution in [2.45, 2.75) is 13.5 Å². The van der Waals surface area contributed by atoms with Gasteiger partial charge in [-0.05, 0) is 43.3 Å². The first kappa shape index (κ1) is 19.6. The normalized spacial score (nSPS) is 10.7. The van der Waals surface area contributed by atoms with E-state index in [1.165, 1.54) is 0 Å². The van der Waals surface area contributed by atoms with Crippen molar-refractivity contribution in [1.82, 2.24) is 10.1 Å². The summed E-state index contributed by atoms with van der Waals surface area (Å²) in [5.74, 6) is 1.36. The van der Waals surface area contributed by atoms with Crippen LogP contribution < -0.4 is 4.74 Å². The van der Waals surface area contributed by atoms with Crippen molar-refractivity contribution in [3.63, 3.8) is 0 Å². The first-order chi connectivity index (χ1) is 13.6. The number of benzene rings is 2. The van der Waals surface area contributed by atoms with Gasteiger partial charge in [-0.2, -0.15) is 0 Å². The zero-order valence-corrected chi connectivity index (χ0v) is 16.3. The Morgan fingerprint density at radius 2 is 1.79 bits per heavy atom. The Balaban J connectivity index is 1.76. The summed E-state index contributed by atoms with van der Waals surface area (Å²) in [7, 11) is 3.24. The van der Waals surface area contributed by atoms with Crippen LogP contribution in [-0.2, 0) is 11.3 Å². The Morgan fingerprint density at radius 3 is 2.43 bits per heavy atom. The van der Waals surface area contributed by atoms with Crippen LogP contribution in [0, 0.1) is 6.92 Å². The quantitative estimate of drug-likeness (QED) is 0.592. The maximum absolute atomic E-state index is 12.9. The second kappa shape index (κ2) is 9.19. The fourth-order valence-electron chi connectivity index (χ4n) is 2.81. The first-order valence-electron chi connectivity index (χ1n) is 9.05. The molecule has 0 saturated carbocycles. The summed E-state index contributed by atoms with van der Waals surface area (Å²) in [6, 6.07) is 16.9. The van der Waals surface area contributed by atoms with E-state index in [-0.39, 0.29) is 5.91 Å². The van der Waals surface area contributed by atoms with Gasteiger partial charge in [0.25, 0.3) is 5.91 Å². The van der Waals surface area contributed by atoms with Crippen LogP contribution >= 0.6 is 0 Å². The fourth-order valence-corrected chi connectivity index (χ4v) is 2.81. The molecule has 0 bridgehead atoms. The lowest BCUT2D eigenvalue weighted by molar-refractivity contribution is 0.0676. The predicted molar refractivity (Wildman–Crippen MR) is 106 cm³/mol. The smallest absolute Gasteiger partial charge is 0.254 e. The molecule has 1 amide bonds. The number of rotatable bonds is 8. The summed E-state index contributed by atoms with van der Waals surface area (Å²) < 4.78 is 15.8. The van der Waals surface area contributed by atoms with Crippen molar-refractivity contribution in [2.24, 2.45) is 0 Å². The van der Waals surface area contributed by atoms with Gasteiger partial charge in [-0.15, -0.1) is 0 Å². The number of hydrogen-bond donors (Lipinski definition) is 0. The van der Waals surface area contributed by atoms with Crippen molar-refractivity contribution >= 4 is 5.91 Å². The SMILES string of the molecule is COCCN(Cc1cc(-c2ccc(OC)cc2)on1)C(=O)c1ccc(C)cc1. The van der Waals surface area contributed by atoms with E-state index in [9.17, 15) is 4.79 Å². The number of methoxy groups -OCH3 is 2. The summed E-state index contributed by atoms with van der Waals surface area (Å²) in [5.41, 5.74) is 3.33. The average molecular weight is 380 g/mol. The van der Waals surface area contributed by atoms with E-state index in [1.807, 2.05) is 61.5 Å². The molecule has 3 aromatic rings. The van der Waals surface area contributed by atoms with E-state index in [2.05, 4.69) is 5.16 Å². The number of aromatic nitrogens is 1. The summed E-state index contributed by atoms with van der Waals surface area (Å²) in [5, 5.41) is 4.13. The number of aryl methyl sites for hydroxylation is 1. The molecule has 6 nitrogen and oxygen atoms in total. The summed E-state index contributed by atoms with van der Waals surface area (Å²) in [6.07, 6.45) is 0. The maximum atomic E-state index is 12.9. The molecule has 0 unspecified atom stereocenters. The largest absolute Gasteiger partial charge is 0.497 e. The minimum absolute atomic E-state index is 0.0638. The molecule has 6 heteroatoms. The highest BCUT2D eigenvalue weighted by Gasteiger charge is 2.18. The van der Waals surface area contributed by atoms with E-state index in [1.54, 1.807) is 19.1 Å². The van der Waals surface area contributed by atoms with E-state index < -0.39 is 0 Å². The van der Waals surface area contributed by atoms with E-state index in [0.29, 0.717) is 36.7 Å². The lowest BCUT2D eigenvalue weighted by Crippen LogP contribution is -2.33. The van der Waals surface area contributed by atoms with Crippen molar-refractivity contribution in [3.8, 4) is 17.1 Å². The van der Waals surface area contributed by atoms with Crippen LogP contribution in [0.3, 0.4) is 0 Å². The molecule has 0 saturated heterocycles. The standard InChI is InChI=1S/C22H24N2O4/c1-16-4-6-18(7-5-16)22(25)24(12-13-26-2)15-19-14-21(28-23-19)17-8-10-20(27-3)11-9-17/h4-11,14H,12-13,15H2,1-3H3. The molecule has 0 atom stereocenters. The van der Waals surface area contributed by atoms with Gasteiger partial charge in [-0.3, -0.25) is 4.79 Å². The Kier molecular flexibility index (Phi) is 6.45. The van der Waals surface area contributed by atoms with Crippen LogP contribution in [0.5, 0.6) is 5.75 Å². The highest BCUT2D eigenvalue weighted by atomic mass is 16.5. The second-order valence-electron chi connectivity index (χ2n) is 6.50. The first-order valence-corrected chi connectivity index (χ1v) is 9.05. The topological polar surface area (TPSA) is 64.8 Å². The van der Waals surface area contributed by atoms with Gasteiger partial charge < -0.3 is 18.9 Å². The number of carbonyl (C=O) groups is 1. The third-order valence-electron chi connectivity index (χ3n) is 4.44. The number of carbonyl (C=O) groups excluding carboxylic acids is 1. The monoisotopic (exact) mass is 380 g/mol. The maximum Gasteiger partial charge on any atom is 0.254 e. The van der Waals surface area contributed by atoms with Gasteiger partial charge in [0, 0.05) is 30.8 Å². The number of amides is 1. The fraction of sp³-hybridized carbons (Fsp3) is 0.273. The van der Waals surface area contributed by atoms with Gasteiger partial charge in [0.05, 0.1) is 20.3 Å². The van der Waals surface area contributed by atoms with Gasteiger partial charge in [0.1, 0.15) is 11.4 Å². The van der Waals surface area contributed by atoms with Crippen molar-refractivity contribution in [3.05, 3.63) is 71.4 Å². The molecule has 0 fully saturated rings. The number of hydrogen-bond acceptors (Lipinski definition) is 5. The third-order valence-corrected chi connectivity index (χ3v) is 4.44. The molecule has 1 aromatic heterocycles. The molecule has 0 aliphatic heterocycles. The van der Waals surface area contributed by atoms with Crippen LogP contribution in [0.2, 0.25) is 0 Å².